The van der Waals surface area contributed by atoms with Gasteiger partial charge in [0, 0.05) is 26.4 Å². The Balaban J connectivity index is 1.98. The van der Waals surface area contributed by atoms with E-state index in [9.17, 15) is 0 Å². The van der Waals surface area contributed by atoms with E-state index in [1.807, 2.05) is 20.0 Å². The number of anilines is 2. The molecule has 0 amide bonds. The fourth-order valence-electron chi connectivity index (χ4n) is 3.15. The van der Waals surface area contributed by atoms with Crippen molar-refractivity contribution in [3.05, 3.63) is 17.3 Å². The summed E-state index contributed by atoms with van der Waals surface area (Å²) in [4.78, 5) is 13.8. The molecule has 124 valence electrons. The molecule has 0 spiro atoms. The van der Waals surface area contributed by atoms with Crippen LogP contribution in [0.1, 0.15) is 17.7 Å². The van der Waals surface area contributed by atoms with E-state index in [0.29, 0.717) is 11.6 Å². The Morgan fingerprint density at radius 1 is 1.26 bits per heavy atom. The Hall–Kier alpha value is -1.99. The maximum Gasteiger partial charge on any atom is 0.227 e. The first-order valence-electron chi connectivity index (χ1n) is 7.96. The van der Waals surface area contributed by atoms with Gasteiger partial charge in [0.25, 0.3) is 0 Å². The summed E-state index contributed by atoms with van der Waals surface area (Å²) in [5.41, 5.74) is 2.79. The molecule has 3 rings (SSSR count). The van der Waals surface area contributed by atoms with Crippen molar-refractivity contribution in [1.82, 2.24) is 20.3 Å². The van der Waals surface area contributed by atoms with E-state index < -0.39 is 0 Å². The molecule has 7 heteroatoms. The minimum Gasteiger partial charge on any atom is -0.379 e. The topological polar surface area (TPSA) is 84.0 Å². The highest BCUT2D eigenvalue weighted by Crippen LogP contribution is 2.25. The maximum absolute atomic E-state index is 5.57. The third-order valence-electron chi connectivity index (χ3n) is 4.26. The summed E-state index contributed by atoms with van der Waals surface area (Å²) >= 11 is 0. The normalized spacial score (nSPS) is 21.4. The highest BCUT2D eigenvalue weighted by Gasteiger charge is 2.25. The van der Waals surface area contributed by atoms with E-state index >= 15 is 0 Å². The van der Waals surface area contributed by atoms with Gasteiger partial charge in [-0.3, -0.25) is 0 Å². The van der Waals surface area contributed by atoms with Crippen LogP contribution in [0.4, 0.5) is 11.8 Å². The van der Waals surface area contributed by atoms with Gasteiger partial charge in [0.1, 0.15) is 5.82 Å². The first-order chi connectivity index (χ1) is 11.1. The summed E-state index contributed by atoms with van der Waals surface area (Å²) in [5.74, 6) is 1.37. The van der Waals surface area contributed by atoms with Crippen molar-refractivity contribution in [2.75, 3.05) is 37.9 Å². The Morgan fingerprint density at radius 3 is 2.83 bits per heavy atom. The predicted molar refractivity (Wildman–Crippen MR) is 92.0 cm³/mol. The largest absolute Gasteiger partial charge is 0.379 e. The highest BCUT2D eigenvalue weighted by atomic mass is 16.5. The summed E-state index contributed by atoms with van der Waals surface area (Å²) in [6.07, 6.45) is 1.12. The molecule has 0 aliphatic carbocycles. The third-order valence-corrected chi connectivity index (χ3v) is 4.26. The average molecular weight is 316 g/mol. The molecule has 2 aromatic rings. The van der Waals surface area contributed by atoms with Crippen molar-refractivity contribution in [1.29, 1.82) is 0 Å². The molecule has 1 aliphatic heterocycles. The summed E-state index contributed by atoms with van der Waals surface area (Å²) < 4.78 is 5.57. The lowest BCUT2D eigenvalue weighted by Gasteiger charge is -2.31. The second-order valence-corrected chi connectivity index (χ2v) is 5.94. The molecule has 7 nitrogen and oxygen atoms in total. The smallest absolute Gasteiger partial charge is 0.227 e. The molecular formula is C16H24N6O. The lowest BCUT2D eigenvalue weighted by molar-refractivity contribution is 0.0663. The summed E-state index contributed by atoms with van der Waals surface area (Å²) in [7, 11) is 3.62. The minimum absolute atomic E-state index is 0.141. The molecule has 1 aliphatic rings. The van der Waals surface area contributed by atoms with Crippen molar-refractivity contribution in [2.45, 2.75) is 32.4 Å². The van der Waals surface area contributed by atoms with Crippen molar-refractivity contribution >= 4 is 22.8 Å². The van der Waals surface area contributed by atoms with E-state index in [-0.39, 0.29) is 12.1 Å². The van der Waals surface area contributed by atoms with Gasteiger partial charge < -0.3 is 20.7 Å². The molecule has 23 heavy (non-hydrogen) atoms. The number of fused-ring (bicyclic) bond motifs is 1. The van der Waals surface area contributed by atoms with Gasteiger partial charge in [-0.05, 0) is 38.4 Å². The molecule has 1 saturated heterocycles. The monoisotopic (exact) mass is 316 g/mol. The number of aryl methyl sites for hydroxylation is 2. The van der Waals surface area contributed by atoms with Crippen LogP contribution in [0.5, 0.6) is 0 Å². The number of piperidine rings is 1. The van der Waals surface area contributed by atoms with Crippen molar-refractivity contribution in [3.63, 3.8) is 0 Å². The second kappa shape index (κ2) is 6.64. The second-order valence-electron chi connectivity index (χ2n) is 5.94. The Bertz CT molecular complexity index is 705. The lowest BCUT2D eigenvalue weighted by Crippen LogP contribution is -2.49. The first kappa shape index (κ1) is 15.9. The van der Waals surface area contributed by atoms with Crippen LogP contribution >= 0.6 is 0 Å². The third kappa shape index (κ3) is 3.20. The molecule has 0 bridgehead atoms. The Kier molecular flexibility index (Phi) is 4.58. The molecule has 0 radical (unpaired) electrons. The first-order valence-corrected chi connectivity index (χ1v) is 7.96. The molecule has 0 saturated carbocycles. The van der Waals surface area contributed by atoms with Gasteiger partial charge in [-0.2, -0.15) is 9.97 Å². The van der Waals surface area contributed by atoms with Crippen molar-refractivity contribution in [2.24, 2.45) is 0 Å². The Morgan fingerprint density at radius 2 is 2.09 bits per heavy atom. The molecule has 2 atom stereocenters. The van der Waals surface area contributed by atoms with Crippen LogP contribution in [0.15, 0.2) is 6.07 Å². The molecule has 3 heterocycles. The minimum atomic E-state index is 0.141. The zero-order valence-electron chi connectivity index (χ0n) is 14.1. The van der Waals surface area contributed by atoms with Crippen LogP contribution in [0.2, 0.25) is 0 Å². The van der Waals surface area contributed by atoms with Gasteiger partial charge in [0.05, 0.1) is 17.5 Å². The molecular weight excluding hydrogens is 292 g/mol. The number of pyridine rings is 1. The molecule has 0 unspecified atom stereocenters. The van der Waals surface area contributed by atoms with Crippen LogP contribution in [-0.2, 0) is 4.74 Å². The molecule has 3 N–H and O–H groups in total. The maximum atomic E-state index is 5.57. The SMILES string of the molecule is CNc1nc(N[C@H]2CNCC[C@H]2OC)nc2nc(C)cc(C)c12. The van der Waals surface area contributed by atoms with Crippen LogP contribution in [0, 0.1) is 13.8 Å². The quantitative estimate of drug-likeness (QED) is 0.788. The Labute approximate surface area is 136 Å². The fraction of sp³-hybridized carbons (Fsp3) is 0.562. The molecule has 2 aromatic heterocycles. The van der Waals surface area contributed by atoms with Gasteiger partial charge in [-0.15, -0.1) is 0 Å². The lowest BCUT2D eigenvalue weighted by atomic mass is 10.0. The fourth-order valence-corrected chi connectivity index (χ4v) is 3.15. The van der Waals surface area contributed by atoms with Crippen LogP contribution in [-0.4, -0.2) is 54.3 Å². The number of ether oxygens (including phenoxy) is 1. The van der Waals surface area contributed by atoms with E-state index in [0.717, 1.165) is 42.0 Å². The number of methoxy groups -OCH3 is 1. The van der Waals surface area contributed by atoms with Crippen LogP contribution in [0.25, 0.3) is 11.0 Å². The van der Waals surface area contributed by atoms with Crippen molar-refractivity contribution in [3.8, 4) is 0 Å². The van der Waals surface area contributed by atoms with Crippen LogP contribution < -0.4 is 16.0 Å². The van der Waals surface area contributed by atoms with E-state index in [1.165, 1.54) is 0 Å². The zero-order valence-corrected chi connectivity index (χ0v) is 14.1. The van der Waals surface area contributed by atoms with Gasteiger partial charge in [0.2, 0.25) is 5.95 Å². The number of hydrogen-bond donors (Lipinski definition) is 3. The average Bonchev–Trinajstić information content (AvgIpc) is 2.54. The van der Waals surface area contributed by atoms with E-state index in [1.54, 1.807) is 7.11 Å². The number of aromatic nitrogens is 3. The highest BCUT2D eigenvalue weighted by molar-refractivity contribution is 5.90. The molecule has 0 aromatic carbocycles. The van der Waals surface area contributed by atoms with Gasteiger partial charge >= 0.3 is 0 Å². The van der Waals surface area contributed by atoms with Crippen molar-refractivity contribution < 1.29 is 4.74 Å². The number of hydrogen-bond acceptors (Lipinski definition) is 7. The summed E-state index contributed by atoms with van der Waals surface area (Å²) in [5, 5.41) is 10.9. The summed E-state index contributed by atoms with van der Waals surface area (Å²) in [6, 6.07) is 2.19. The summed E-state index contributed by atoms with van der Waals surface area (Å²) in [6.45, 7) is 5.83. The number of nitrogens with one attached hydrogen (secondary N) is 3. The van der Waals surface area contributed by atoms with Gasteiger partial charge in [-0.1, -0.05) is 0 Å². The van der Waals surface area contributed by atoms with E-state index in [4.69, 9.17) is 4.74 Å². The number of nitrogens with zero attached hydrogens (tertiary/aromatic N) is 3. The number of rotatable bonds is 4. The predicted octanol–water partition coefficient (Wildman–Crippen LogP) is 1.47. The van der Waals surface area contributed by atoms with E-state index in [2.05, 4.69) is 37.8 Å². The molecule has 1 fully saturated rings. The van der Waals surface area contributed by atoms with Gasteiger partial charge in [-0.25, -0.2) is 4.98 Å². The van der Waals surface area contributed by atoms with Crippen LogP contribution in [0.3, 0.4) is 0 Å². The standard InChI is InChI=1S/C16H24N6O/c1-9-7-10(2)19-15-13(9)14(17-3)21-16(22-15)20-11-8-18-6-5-12(11)23-4/h7,11-12,18H,5-6,8H2,1-4H3,(H2,17,19,20,21,22)/t11-,12+/m0/s1. The van der Waals surface area contributed by atoms with Gasteiger partial charge in [0.15, 0.2) is 5.65 Å². The zero-order chi connectivity index (χ0) is 16.4.